The van der Waals surface area contributed by atoms with Crippen LogP contribution in [0.15, 0.2) is 91.0 Å². The summed E-state index contributed by atoms with van der Waals surface area (Å²) in [7, 11) is 0. The van der Waals surface area contributed by atoms with Gasteiger partial charge in [-0.3, -0.25) is 4.79 Å². The second-order valence-corrected chi connectivity index (χ2v) is 10.2. The molecule has 2 atom stereocenters. The molecule has 3 nitrogen and oxygen atoms in total. The third-order valence-electron chi connectivity index (χ3n) is 7.58. The van der Waals surface area contributed by atoms with Gasteiger partial charge < -0.3 is 0 Å². The van der Waals surface area contributed by atoms with Gasteiger partial charge in [0.05, 0.1) is 11.4 Å². The van der Waals surface area contributed by atoms with Crippen molar-refractivity contribution in [1.82, 2.24) is 9.78 Å². The van der Waals surface area contributed by atoms with Gasteiger partial charge in [-0.25, -0.2) is 0 Å². The van der Waals surface area contributed by atoms with Gasteiger partial charge in [0.1, 0.15) is 0 Å². The molecular formula is C32H34N2O. The summed E-state index contributed by atoms with van der Waals surface area (Å²) in [5.74, 6) is 1.29. The molecule has 35 heavy (non-hydrogen) atoms. The third-order valence-corrected chi connectivity index (χ3v) is 7.58. The molecule has 0 aliphatic heterocycles. The van der Waals surface area contributed by atoms with Gasteiger partial charge >= 0.3 is 0 Å². The van der Waals surface area contributed by atoms with Gasteiger partial charge in [-0.1, -0.05) is 112 Å². The molecule has 0 fully saturated rings. The Bertz CT molecular complexity index is 1240. The van der Waals surface area contributed by atoms with Crippen LogP contribution in [-0.4, -0.2) is 15.7 Å². The van der Waals surface area contributed by atoms with Crippen molar-refractivity contribution in [2.75, 3.05) is 0 Å². The number of aromatic nitrogens is 2. The van der Waals surface area contributed by atoms with Crippen LogP contribution in [0.1, 0.15) is 85.0 Å². The minimum Gasteiger partial charge on any atom is -0.273 e. The second kappa shape index (κ2) is 10.0. The quantitative estimate of drug-likeness (QED) is 0.290. The van der Waals surface area contributed by atoms with E-state index in [1.807, 2.05) is 54.6 Å². The normalized spacial score (nSPS) is 17.5. The fourth-order valence-corrected chi connectivity index (χ4v) is 5.68. The highest BCUT2D eigenvalue weighted by Crippen LogP contribution is 2.46. The van der Waals surface area contributed by atoms with E-state index in [0.717, 1.165) is 40.9 Å². The summed E-state index contributed by atoms with van der Waals surface area (Å²) < 4.78 is 1.75. The molecule has 3 heteroatoms. The van der Waals surface area contributed by atoms with Crippen molar-refractivity contribution in [3.63, 3.8) is 0 Å². The minimum absolute atomic E-state index is 0.0203. The number of nitrogens with zero attached hydrogens (tertiary/aromatic N) is 2. The molecule has 4 aromatic rings. The molecule has 0 N–H and O–H groups in total. The molecule has 1 aliphatic carbocycles. The van der Waals surface area contributed by atoms with E-state index in [-0.39, 0.29) is 11.8 Å². The fourth-order valence-electron chi connectivity index (χ4n) is 5.68. The Labute approximate surface area is 208 Å². The largest absolute Gasteiger partial charge is 0.273 e. The fraction of sp³-hybridized carbons (Fsp3) is 0.312. The molecule has 1 aromatic heterocycles. The highest BCUT2D eigenvalue weighted by Gasteiger charge is 2.35. The standard InChI is InChI=1S/C32H34N2O/c1-22(2)27-20-19-23(3)30-31(27)33-34(32(30)26-17-11-6-12-18-26)29(35)21-28(24-13-7-4-8-14-24)25-15-9-5-10-16-25/h4-18,22-23,27-28H,19-21H2,1-3H3/t23-,27-/m1/s1. The van der Waals surface area contributed by atoms with Gasteiger partial charge in [-0.2, -0.15) is 9.78 Å². The molecule has 0 saturated heterocycles. The summed E-state index contributed by atoms with van der Waals surface area (Å²) in [4.78, 5) is 14.1. The van der Waals surface area contributed by atoms with Crippen molar-refractivity contribution in [3.05, 3.63) is 113 Å². The maximum Gasteiger partial charge on any atom is 0.248 e. The van der Waals surface area contributed by atoms with Crippen molar-refractivity contribution in [2.45, 2.75) is 57.8 Å². The van der Waals surface area contributed by atoms with Crippen LogP contribution in [0.4, 0.5) is 0 Å². The van der Waals surface area contributed by atoms with Crippen LogP contribution >= 0.6 is 0 Å². The Morgan fingerprint density at radius 3 is 1.94 bits per heavy atom. The van der Waals surface area contributed by atoms with Gasteiger partial charge in [-0.15, -0.1) is 0 Å². The van der Waals surface area contributed by atoms with E-state index in [2.05, 4.69) is 57.2 Å². The topological polar surface area (TPSA) is 34.9 Å². The molecule has 0 unspecified atom stereocenters. The summed E-state index contributed by atoms with van der Waals surface area (Å²) in [5, 5.41) is 5.09. The van der Waals surface area contributed by atoms with Crippen molar-refractivity contribution >= 4 is 5.91 Å². The first-order valence-electron chi connectivity index (χ1n) is 12.9. The molecule has 5 rings (SSSR count). The minimum atomic E-state index is -0.0203. The smallest absolute Gasteiger partial charge is 0.248 e. The van der Waals surface area contributed by atoms with E-state index >= 15 is 0 Å². The molecule has 0 amide bonds. The van der Waals surface area contributed by atoms with Gasteiger partial charge in [-0.05, 0) is 35.8 Å². The predicted molar refractivity (Wildman–Crippen MR) is 143 cm³/mol. The van der Waals surface area contributed by atoms with Gasteiger partial charge in [0, 0.05) is 29.4 Å². The van der Waals surface area contributed by atoms with Crippen LogP contribution in [0.2, 0.25) is 0 Å². The zero-order valence-corrected chi connectivity index (χ0v) is 20.9. The Kier molecular flexibility index (Phi) is 6.68. The van der Waals surface area contributed by atoms with Crippen molar-refractivity contribution in [1.29, 1.82) is 0 Å². The number of hydrogen-bond donors (Lipinski definition) is 0. The van der Waals surface area contributed by atoms with Crippen molar-refractivity contribution in [3.8, 4) is 11.3 Å². The van der Waals surface area contributed by atoms with E-state index in [1.165, 1.54) is 5.56 Å². The zero-order valence-electron chi connectivity index (χ0n) is 20.9. The molecule has 1 heterocycles. The Hall–Kier alpha value is -3.46. The summed E-state index contributed by atoms with van der Waals surface area (Å²) in [6.07, 6.45) is 2.63. The Balaban J connectivity index is 1.62. The molecule has 0 radical (unpaired) electrons. The lowest BCUT2D eigenvalue weighted by molar-refractivity contribution is 0.0882. The van der Waals surface area contributed by atoms with E-state index < -0.39 is 0 Å². The van der Waals surface area contributed by atoms with Crippen LogP contribution < -0.4 is 0 Å². The number of carbonyl (C=O) groups is 1. The predicted octanol–water partition coefficient (Wildman–Crippen LogP) is 8.05. The highest BCUT2D eigenvalue weighted by atomic mass is 16.2. The van der Waals surface area contributed by atoms with Gasteiger partial charge in [0.25, 0.3) is 0 Å². The van der Waals surface area contributed by atoms with Crippen LogP contribution in [0, 0.1) is 5.92 Å². The summed E-state index contributed by atoms with van der Waals surface area (Å²) in [6, 6.07) is 31.1. The van der Waals surface area contributed by atoms with E-state index in [1.54, 1.807) is 4.68 Å². The Morgan fingerprint density at radius 2 is 1.40 bits per heavy atom. The molecule has 1 aliphatic rings. The number of fused-ring (bicyclic) bond motifs is 1. The first-order chi connectivity index (χ1) is 17.0. The Morgan fingerprint density at radius 1 is 0.857 bits per heavy atom. The molecule has 178 valence electrons. The summed E-state index contributed by atoms with van der Waals surface area (Å²) in [6.45, 7) is 6.83. The lowest BCUT2D eigenvalue weighted by atomic mass is 9.75. The van der Waals surface area contributed by atoms with E-state index in [9.17, 15) is 4.79 Å². The lowest BCUT2D eigenvalue weighted by Gasteiger charge is -2.28. The highest BCUT2D eigenvalue weighted by molar-refractivity contribution is 5.86. The SMILES string of the molecule is CC(C)[C@H]1CC[C@@H](C)c2c1nn(C(=O)CC(c1ccccc1)c1ccccc1)c2-c1ccccc1. The van der Waals surface area contributed by atoms with Crippen molar-refractivity contribution < 1.29 is 4.79 Å². The molecule has 0 bridgehead atoms. The first-order valence-corrected chi connectivity index (χ1v) is 12.9. The number of rotatable bonds is 6. The summed E-state index contributed by atoms with van der Waals surface area (Å²) in [5.41, 5.74) is 6.76. The third kappa shape index (κ3) is 4.60. The van der Waals surface area contributed by atoms with E-state index in [0.29, 0.717) is 24.2 Å². The van der Waals surface area contributed by atoms with Crippen LogP contribution in [0.5, 0.6) is 0 Å². The van der Waals surface area contributed by atoms with Gasteiger partial charge in [0.2, 0.25) is 5.91 Å². The number of carbonyl (C=O) groups excluding carboxylic acids is 1. The molecule has 0 saturated carbocycles. The van der Waals surface area contributed by atoms with Crippen molar-refractivity contribution in [2.24, 2.45) is 5.92 Å². The van der Waals surface area contributed by atoms with E-state index in [4.69, 9.17) is 5.10 Å². The average Bonchev–Trinajstić information content (AvgIpc) is 3.30. The maximum atomic E-state index is 14.1. The lowest BCUT2D eigenvalue weighted by Crippen LogP contribution is -2.19. The number of hydrogen-bond acceptors (Lipinski definition) is 2. The van der Waals surface area contributed by atoms with Crippen LogP contribution in [-0.2, 0) is 0 Å². The second-order valence-electron chi connectivity index (χ2n) is 10.2. The number of benzene rings is 3. The molecule has 3 aromatic carbocycles. The summed E-state index contributed by atoms with van der Waals surface area (Å²) >= 11 is 0. The molecule has 0 spiro atoms. The van der Waals surface area contributed by atoms with Gasteiger partial charge in [0.15, 0.2) is 0 Å². The molecular weight excluding hydrogens is 428 g/mol. The monoisotopic (exact) mass is 462 g/mol. The average molecular weight is 463 g/mol. The van der Waals surface area contributed by atoms with Crippen LogP contribution in [0.3, 0.4) is 0 Å². The van der Waals surface area contributed by atoms with Crippen LogP contribution in [0.25, 0.3) is 11.3 Å². The maximum absolute atomic E-state index is 14.1. The zero-order chi connectivity index (χ0) is 24.4. The first kappa shape index (κ1) is 23.3.